The van der Waals surface area contributed by atoms with E-state index < -0.39 is 0 Å². The molecule has 2 rings (SSSR count). The first kappa shape index (κ1) is 14.8. The zero-order valence-corrected chi connectivity index (χ0v) is 12.9. The van der Waals surface area contributed by atoms with Gasteiger partial charge >= 0.3 is 0 Å². The van der Waals surface area contributed by atoms with Crippen LogP contribution in [0.15, 0.2) is 28.7 Å². The normalized spacial score (nSPS) is 16.1. The molecule has 1 saturated heterocycles. The van der Waals surface area contributed by atoms with Crippen molar-refractivity contribution in [3.05, 3.63) is 39.9 Å². The lowest BCUT2D eigenvalue weighted by atomic mass is 10.1. The number of carbonyl (C=O) groups is 2. The Hall–Kier alpha value is -1.62. The van der Waals surface area contributed by atoms with Crippen molar-refractivity contribution < 1.29 is 9.59 Å². The molecular formula is C15H17BrN2O2. The number of nitrogens with one attached hydrogen (secondary N) is 1. The first-order chi connectivity index (χ1) is 9.56. The number of carbonyl (C=O) groups excluding carboxylic acids is 2. The van der Waals surface area contributed by atoms with Gasteiger partial charge in [-0.2, -0.15) is 0 Å². The number of aryl methyl sites for hydroxylation is 1. The van der Waals surface area contributed by atoms with E-state index in [1.54, 1.807) is 17.1 Å². The van der Waals surface area contributed by atoms with E-state index in [9.17, 15) is 9.59 Å². The van der Waals surface area contributed by atoms with Crippen molar-refractivity contribution in [1.82, 2.24) is 10.2 Å². The Kier molecular flexibility index (Phi) is 4.95. The molecule has 2 amide bonds. The fourth-order valence-electron chi connectivity index (χ4n) is 2.02. The average molecular weight is 337 g/mol. The Morgan fingerprint density at radius 1 is 1.40 bits per heavy atom. The Morgan fingerprint density at radius 3 is 2.95 bits per heavy atom. The van der Waals surface area contributed by atoms with E-state index in [1.165, 1.54) is 0 Å². The molecule has 0 radical (unpaired) electrons. The van der Waals surface area contributed by atoms with Crippen LogP contribution in [0.5, 0.6) is 0 Å². The summed E-state index contributed by atoms with van der Waals surface area (Å²) in [5, 5.41) is 2.75. The van der Waals surface area contributed by atoms with Gasteiger partial charge in [-0.3, -0.25) is 9.59 Å². The summed E-state index contributed by atoms with van der Waals surface area (Å²) in [6, 6.07) is 5.98. The van der Waals surface area contributed by atoms with Crippen molar-refractivity contribution in [1.29, 1.82) is 0 Å². The zero-order chi connectivity index (χ0) is 14.5. The van der Waals surface area contributed by atoms with Gasteiger partial charge in [0.2, 0.25) is 11.8 Å². The molecule has 1 fully saturated rings. The monoisotopic (exact) mass is 336 g/mol. The second kappa shape index (κ2) is 6.70. The number of benzene rings is 1. The molecule has 1 heterocycles. The molecule has 20 heavy (non-hydrogen) atoms. The fourth-order valence-corrected chi connectivity index (χ4v) is 2.65. The van der Waals surface area contributed by atoms with Crippen molar-refractivity contribution in [3.8, 4) is 0 Å². The molecule has 1 aliphatic rings. The van der Waals surface area contributed by atoms with Crippen LogP contribution < -0.4 is 5.32 Å². The van der Waals surface area contributed by atoms with E-state index in [0.717, 1.165) is 15.6 Å². The smallest absolute Gasteiger partial charge is 0.246 e. The summed E-state index contributed by atoms with van der Waals surface area (Å²) in [5.41, 5.74) is 2.13. The first-order valence-corrected chi connectivity index (χ1v) is 7.35. The molecule has 5 heteroatoms. The van der Waals surface area contributed by atoms with Crippen LogP contribution in [0.2, 0.25) is 0 Å². The molecule has 0 unspecified atom stereocenters. The van der Waals surface area contributed by atoms with E-state index in [-0.39, 0.29) is 11.8 Å². The fraction of sp³-hybridized carbons (Fsp3) is 0.333. The number of nitrogens with zero attached hydrogens (tertiary/aromatic N) is 1. The third-order valence-corrected chi connectivity index (χ3v) is 3.87. The molecule has 0 bridgehead atoms. The first-order valence-electron chi connectivity index (χ1n) is 6.56. The molecule has 1 aromatic rings. The molecule has 1 N–H and O–H groups in total. The van der Waals surface area contributed by atoms with Gasteiger partial charge in [0.25, 0.3) is 0 Å². The van der Waals surface area contributed by atoms with Crippen molar-refractivity contribution >= 4 is 33.8 Å². The number of rotatable bonds is 2. The van der Waals surface area contributed by atoms with Gasteiger partial charge in [-0.05, 0) is 30.2 Å². The molecular weight excluding hydrogens is 320 g/mol. The van der Waals surface area contributed by atoms with Crippen LogP contribution in [0.3, 0.4) is 0 Å². The maximum atomic E-state index is 12.1. The van der Waals surface area contributed by atoms with Crippen LogP contribution >= 0.6 is 15.9 Å². The van der Waals surface area contributed by atoms with Gasteiger partial charge in [0.1, 0.15) is 0 Å². The van der Waals surface area contributed by atoms with Crippen LogP contribution in [0.25, 0.3) is 6.08 Å². The summed E-state index contributed by atoms with van der Waals surface area (Å²) in [5.74, 6) is -0.0560. The average Bonchev–Trinajstić information content (AvgIpc) is 2.62. The molecule has 1 aliphatic heterocycles. The highest BCUT2D eigenvalue weighted by molar-refractivity contribution is 9.10. The Labute approximate surface area is 127 Å². The minimum absolute atomic E-state index is 0.00515. The van der Waals surface area contributed by atoms with E-state index in [4.69, 9.17) is 0 Å². The van der Waals surface area contributed by atoms with Crippen LogP contribution in [-0.4, -0.2) is 36.3 Å². The van der Waals surface area contributed by atoms with Crippen LogP contribution in [-0.2, 0) is 9.59 Å². The van der Waals surface area contributed by atoms with Crippen LogP contribution in [0.1, 0.15) is 17.5 Å². The number of halogens is 1. The van der Waals surface area contributed by atoms with Crippen molar-refractivity contribution in [2.24, 2.45) is 0 Å². The van der Waals surface area contributed by atoms with E-state index in [2.05, 4.69) is 21.2 Å². The summed E-state index contributed by atoms with van der Waals surface area (Å²) >= 11 is 3.48. The number of amides is 2. The predicted molar refractivity (Wildman–Crippen MR) is 82.1 cm³/mol. The summed E-state index contributed by atoms with van der Waals surface area (Å²) in [7, 11) is 0. The largest absolute Gasteiger partial charge is 0.354 e. The molecule has 0 aliphatic carbocycles. The zero-order valence-electron chi connectivity index (χ0n) is 11.4. The third-order valence-electron chi connectivity index (χ3n) is 3.19. The summed E-state index contributed by atoms with van der Waals surface area (Å²) < 4.78 is 0.967. The van der Waals surface area contributed by atoms with Gasteiger partial charge in [-0.25, -0.2) is 0 Å². The van der Waals surface area contributed by atoms with Gasteiger partial charge in [-0.1, -0.05) is 28.1 Å². The predicted octanol–water partition coefficient (Wildman–Crippen LogP) is 2.12. The van der Waals surface area contributed by atoms with Gasteiger partial charge in [0.05, 0.1) is 0 Å². The van der Waals surface area contributed by atoms with Gasteiger partial charge in [0, 0.05) is 36.6 Å². The van der Waals surface area contributed by atoms with E-state index in [0.29, 0.717) is 26.1 Å². The second-order valence-electron chi connectivity index (χ2n) is 4.78. The van der Waals surface area contributed by atoms with E-state index in [1.807, 2.05) is 25.1 Å². The van der Waals surface area contributed by atoms with Crippen LogP contribution in [0, 0.1) is 6.92 Å². The highest BCUT2D eigenvalue weighted by Gasteiger charge is 2.16. The highest BCUT2D eigenvalue weighted by Crippen LogP contribution is 2.19. The van der Waals surface area contributed by atoms with Gasteiger partial charge in [0.15, 0.2) is 0 Å². The maximum absolute atomic E-state index is 12.1. The minimum Gasteiger partial charge on any atom is -0.354 e. The summed E-state index contributed by atoms with van der Waals surface area (Å²) in [6.45, 7) is 3.57. The molecule has 0 saturated carbocycles. The Morgan fingerprint density at radius 2 is 2.20 bits per heavy atom. The Balaban J connectivity index is 2.03. The van der Waals surface area contributed by atoms with Gasteiger partial charge in [-0.15, -0.1) is 0 Å². The van der Waals surface area contributed by atoms with E-state index >= 15 is 0 Å². The topological polar surface area (TPSA) is 49.4 Å². The van der Waals surface area contributed by atoms with Gasteiger partial charge < -0.3 is 10.2 Å². The number of hydrogen-bond acceptors (Lipinski definition) is 2. The lowest BCUT2D eigenvalue weighted by Crippen LogP contribution is -2.32. The SMILES string of the molecule is Cc1ccc(C=CC(=O)N2CCNC(=O)CC2)c(Br)c1. The standard InChI is InChI=1S/C15H17BrN2O2/c1-11-2-3-12(13(16)10-11)4-5-15(20)18-8-6-14(19)17-7-9-18/h2-5,10H,6-9H2,1H3,(H,17,19). The summed E-state index contributed by atoms with van der Waals surface area (Å²) in [6.07, 6.45) is 3.73. The summed E-state index contributed by atoms with van der Waals surface area (Å²) in [4.78, 5) is 25.0. The minimum atomic E-state index is -0.0611. The molecule has 0 spiro atoms. The maximum Gasteiger partial charge on any atom is 0.246 e. The third kappa shape index (κ3) is 3.93. The van der Waals surface area contributed by atoms with Crippen molar-refractivity contribution in [3.63, 3.8) is 0 Å². The lowest BCUT2D eigenvalue weighted by Gasteiger charge is -2.17. The molecule has 106 valence electrons. The second-order valence-corrected chi connectivity index (χ2v) is 5.64. The highest BCUT2D eigenvalue weighted by atomic mass is 79.9. The molecule has 1 aromatic carbocycles. The number of hydrogen-bond donors (Lipinski definition) is 1. The Bertz CT molecular complexity index is 555. The lowest BCUT2D eigenvalue weighted by molar-refractivity contribution is -0.125. The van der Waals surface area contributed by atoms with Crippen LogP contribution in [0.4, 0.5) is 0 Å². The molecule has 4 nitrogen and oxygen atoms in total. The molecule has 0 atom stereocenters. The quantitative estimate of drug-likeness (QED) is 0.841. The van der Waals surface area contributed by atoms with Crippen molar-refractivity contribution in [2.75, 3.05) is 19.6 Å². The molecule has 0 aromatic heterocycles. The van der Waals surface area contributed by atoms with Crippen molar-refractivity contribution in [2.45, 2.75) is 13.3 Å².